The fourth-order valence-electron chi connectivity index (χ4n) is 6.14. The summed E-state index contributed by atoms with van der Waals surface area (Å²) in [6, 6.07) is 10.2. The normalized spacial score (nSPS) is 22.3. The average molecular weight is 611 g/mol. The quantitative estimate of drug-likeness (QED) is 0.357. The predicted molar refractivity (Wildman–Crippen MR) is 158 cm³/mol. The van der Waals surface area contributed by atoms with Gasteiger partial charge in [-0.15, -0.1) is 0 Å². The molecule has 0 aromatic heterocycles. The lowest BCUT2D eigenvalue weighted by Gasteiger charge is -2.40. The summed E-state index contributed by atoms with van der Waals surface area (Å²) in [5, 5.41) is 6.74. The van der Waals surface area contributed by atoms with Crippen molar-refractivity contribution in [3.8, 4) is 0 Å². The molecule has 0 bridgehead atoms. The standard InChI is InChI=1S/C29H40ClFN4O5S/c1-39-18-23-17-33-16-22(35(23)41(2,37)38)10-11-24-25(31)4-3-5-26(24)34-29(36)28(32)27(20-12-14-40-15-13-20)19-6-8-21(30)9-7-19/h3-9,20,22-23,27-28,33H,10-18,32H2,1-2H3,(H,34,36)/t22-,23?,27?,28-/m0/s1. The molecule has 2 unspecified atom stereocenters. The number of rotatable bonds is 11. The number of nitrogens with zero attached hydrogens (tertiary/aromatic N) is 1. The molecule has 12 heteroatoms. The van der Waals surface area contributed by atoms with Crippen molar-refractivity contribution in [2.24, 2.45) is 11.7 Å². The van der Waals surface area contributed by atoms with Gasteiger partial charge in [0, 0.05) is 61.6 Å². The lowest BCUT2D eigenvalue weighted by atomic mass is 9.76. The summed E-state index contributed by atoms with van der Waals surface area (Å²) in [6.07, 6.45) is 3.30. The van der Waals surface area contributed by atoms with Gasteiger partial charge in [0.2, 0.25) is 15.9 Å². The first-order chi connectivity index (χ1) is 19.6. The number of ether oxygens (including phenoxy) is 2. The number of amides is 1. The second-order valence-electron chi connectivity index (χ2n) is 10.9. The molecule has 0 radical (unpaired) electrons. The Bertz CT molecular complexity index is 1270. The van der Waals surface area contributed by atoms with Gasteiger partial charge < -0.3 is 25.8 Å². The number of piperazine rings is 1. The molecule has 9 nitrogen and oxygen atoms in total. The summed E-state index contributed by atoms with van der Waals surface area (Å²) in [7, 11) is -2.00. The van der Waals surface area contributed by atoms with Crippen LogP contribution in [0, 0.1) is 11.7 Å². The number of hydrogen-bond donors (Lipinski definition) is 3. The second-order valence-corrected chi connectivity index (χ2v) is 13.2. The Morgan fingerprint density at radius 2 is 1.88 bits per heavy atom. The van der Waals surface area contributed by atoms with Crippen LogP contribution in [0.15, 0.2) is 42.5 Å². The van der Waals surface area contributed by atoms with E-state index in [4.69, 9.17) is 26.8 Å². The van der Waals surface area contributed by atoms with Crippen molar-refractivity contribution in [3.63, 3.8) is 0 Å². The first kappa shape index (κ1) is 31.8. The first-order valence-corrected chi connectivity index (χ1v) is 16.2. The minimum atomic E-state index is -3.53. The average Bonchev–Trinajstić information content (AvgIpc) is 2.94. The van der Waals surface area contributed by atoms with Gasteiger partial charge in [0.25, 0.3) is 0 Å². The zero-order chi connectivity index (χ0) is 29.6. The van der Waals surface area contributed by atoms with Gasteiger partial charge in [0.1, 0.15) is 5.82 Å². The third-order valence-corrected chi connectivity index (χ3v) is 9.66. The Morgan fingerprint density at radius 3 is 2.54 bits per heavy atom. The van der Waals surface area contributed by atoms with E-state index in [0.717, 1.165) is 18.4 Å². The molecule has 2 saturated heterocycles. The highest BCUT2D eigenvalue weighted by Gasteiger charge is 2.37. The van der Waals surface area contributed by atoms with E-state index in [9.17, 15) is 13.2 Å². The Kier molecular flexibility index (Phi) is 11.1. The summed E-state index contributed by atoms with van der Waals surface area (Å²) in [5.41, 5.74) is 8.18. The number of sulfonamides is 1. The highest BCUT2D eigenvalue weighted by atomic mass is 35.5. The van der Waals surface area contributed by atoms with Crippen LogP contribution < -0.4 is 16.4 Å². The van der Waals surface area contributed by atoms with E-state index in [0.29, 0.717) is 49.0 Å². The number of carbonyl (C=O) groups is 1. The van der Waals surface area contributed by atoms with Gasteiger partial charge in [-0.05, 0) is 61.4 Å². The first-order valence-electron chi connectivity index (χ1n) is 13.9. The third-order valence-electron chi connectivity index (χ3n) is 8.04. The molecule has 0 spiro atoms. The number of nitrogens with two attached hydrogens (primary N) is 1. The van der Waals surface area contributed by atoms with E-state index in [1.165, 1.54) is 29.8 Å². The van der Waals surface area contributed by atoms with Crippen LogP contribution in [0.4, 0.5) is 10.1 Å². The maximum atomic E-state index is 15.2. The van der Waals surface area contributed by atoms with Crippen LogP contribution in [-0.4, -0.2) is 83.0 Å². The highest BCUT2D eigenvalue weighted by Crippen LogP contribution is 2.35. The molecule has 0 aliphatic carbocycles. The van der Waals surface area contributed by atoms with Crippen LogP contribution in [0.5, 0.6) is 0 Å². The van der Waals surface area contributed by atoms with E-state index in [1.807, 2.05) is 12.1 Å². The number of anilines is 1. The summed E-state index contributed by atoms with van der Waals surface area (Å²) in [4.78, 5) is 13.6. The Hall–Kier alpha value is -2.12. The Balaban J connectivity index is 1.53. The number of methoxy groups -OCH3 is 1. The lowest BCUT2D eigenvalue weighted by Crippen LogP contribution is -2.60. The molecular formula is C29H40ClFN4O5S. The van der Waals surface area contributed by atoms with Crippen molar-refractivity contribution in [1.29, 1.82) is 0 Å². The summed E-state index contributed by atoms with van der Waals surface area (Å²) in [6.45, 7) is 2.35. The van der Waals surface area contributed by atoms with Crippen molar-refractivity contribution < 1.29 is 27.1 Å². The topological polar surface area (TPSA) is 123 Å². The van der Waals surface area contributed by atoms with Crippen LogP contribution in [0.25, 0.3) is 0 Å². The molecule has 2 aromatic rings. The zero-order valence-electron chi connectivity index (χ0n) is 23.5. The molecule has 4 N–H and O–H groups in total. The summed E-state index contributed by atoms with van der Waals surface area (Å²) >= 11 is 6.11. The lowest BCUT2D eigenvalue weighted by molar-refractivity contribution is -0.118. The van der Waals surface area contributed by atoms with Crippen LogP contribution in [0.2, 0.25) is 5.02 Å². The molecule has 2 aliphatic rings. The van der Waals surface area contributed by atoms with Gasteiger partial charge in [-0.25, -0.2) is 12.8 Å². The van der Waals surface area contributed by atoms with E-state index >= 15 is 4.39 Å². The minimum absolute atomic E-state index is 0.137. The molecule has 2 aromatic carbocycles. The number of benzene rings is 2. The van der Waals surface area contributed by atoms with Gasteiger partial charge in [0.05, 0.1) is 24.9 Å². The van der Waals surface area contributed by atoms with Crippen LogP contribution in [0.3, 0.4) is 0 Å². The van der Waals surface area contributed by atoms with E-state index in [2.05, 4.69) is 10.6 Å². The fraction of sp³-hybridized carbons (Fsp3) is 0.552. The predicted octanol–water partition coefficient (Wildman–Crippen LogP) is 3.14. The zero-order valence-corrected chi connectivity index (χ0v) is 25.1. The Labute approximate surface area is 246 Å². The molecule has 0 saturated carbocycles. The largest absolute Gasteiger partial charge is 0.383 e. The molecule has 4 rings (SSSR count). The fourth-order valence-corrected chi connectivity index (χ4v) is 7.67. The van der Waals surface area contributed by atoms with Crippen molar-refractivity contribution in [1.82, 2.24) is 9.62 Å². The SMILES string of the molecule is COCC1CNC[C@H](CCc2c(F)cccc2NC(=O)[C@@H](N)C(c2ccc(Cl)cc2)C2CCOCC2)N1S(C)(=O)=O. The minimum Gasteiger partial charge on any atom is -0.383 e. The van der Waals surface area contributed by atoms with Crippen molar-refractivity contribution >= 4 is 33.2 Å². The number of nitrogens with one attached hydrogen (secondary N) is 2. The summed E-state index contributed by atoms with van der Waals surface area (Å²) in [5.74, 6) is -1.03. The van der Waals surface area contributed by atoms with Gasteiger partial charge in [0.15, 0.2) is 0 Å². The molecule has 2 fully saturated rings. The van der Waals surface area contributed by atoms with Gasteiger partial charge in [-0.1, -0.05) is 29.8 Å². The van der Waals surface area contributed by atoms with Crippen LogP contribution in [-0.2, 0) is 30.7 Å². The number of hydrogen-bond acceptors (Lipinski definition) is 7. The van der Waals surface area contributed by atoms with Crippen LogP contribution >= 0.6 is 11.6 Å². The third kappa shape index (κ3) is 8.04. The Morgan fingerprint density at radius 1 is 1.20 bits per heavy atom. The molecule has 2 heterocycles. The maximum Gasteiger partial charge on any atom is 0.241 e. The second kappa shape index (κ2) is 14.4. The van der Waals surface area contributed by atoms with Gasteiger partial charge in [-0.3, -0.25) is 4.79 Å². The van der Waals surface area contributed by atoms with E-state index in [-0.39, 0.29) is 30.9 Å². The van der Waals surface area contributed by atoms with Gasteiger partial charge in [-0.2, -0.15) is 4.31 Å². The molecule has 41 heavy (non-hydrogen) atoms. The molecule has 1 amide bonds. The molecule has 226 valence electrons. The van der Waals surface area contributed by atoms with Gasteiger partial charge >= 0.3 is 0 Å². The number of carbonyl (C=O) groups excluding carboxylic acids is 1. The van der Waals surface area contributed by atoms with E-state index < -0.39 is 33.8 Å². The van der Waals surface area contributed by atoms with E-state index in [1.54, 1.807) is 18.2 Å². The van der Waals surface area contributed by atoms with Crippen LogP contribution in [0.1, 0.15) is 36.3 Å². The molecule has 4 atom stereocenters. The number of halogens is 2. The maximum absolute atomic E-state index is 15.2. The smallest absolute Gasteiger partial charge is 0.241 e. The van der Waals surface area contributed by atoms with Crippen molar-refractivity contribution in [2.45, 2.75) is 49.7 Å². The van der Waals surface area contributed by atoms with Crippen molar-refractivity contribution in [2.75, 3.05) is 51.6 Å². The molecular weight excluding hydrogens is 571 g/mol. The van der Waals surface area contributed by atoms with Crippen molar-refractivity contribution in [3.05, 3.63) is 64.4 Å². The monoisotopic (exact) mass is 610 g/mol. The summed E-state index contributed by atoms with van der Waals surface area (Å²) < 4.78 is 52.7. The molecule has 2 aliphatic heterocycles. The highest BCUT2D eigenvalue weighted by molar-refractivity contribution is 7.88.